The maximum absolute atomic E-state index is 11.9. The zero-order valence-corrected chi connectivity index (χ0v) is 32.9. The fourth-order valence-corrected chi connectivity index (χ4v) is 8.28. The number of anilines is 4. The lowest BCUT2D eigenvalue weighted by Gasteiger charge is -2.05. The highest BCUT2D eigenvalue weighted by molar-refractivity contribution is 7.19. The van der Waals surface area contributed by atoms with E-state index in [2.05, 4.69) is 30.6 Å². The van der Waals surface area contributed by atoms with Gasteiger partial charge in [-0.3, -0.25) is 18.4 Å². The third-order valence-electron chi connectivity index (χ3n) is 8.54. The number of carbonyl (C=O) groups excluding carboxylic acids is 2. The van der Waals surface area contributed by atoms with Gasteiger partial charge in [-0.2, -0.15) is 0 Å². The molecule has 0 fully saturated rings. The Morgan fingerprint density at radius 2 is 1.26 bits per heavy atom. The maximum atomic E-state index is 11.9. The molecule has 6 aromatic heterocycles. The van der Waals surface area contributed by atoms with Gasteiger partial charge in [-0.15, -0.1) is 0 Å². The van der Waals surface area contributed by atoms with Gasteiger partial charge in [0, 0.05) is 53.9 Å². The van der Waals surface area contributed by atoms with Gasteiger partial charge in [0.15, 0.2) is 27.5 Å². The van der Waals surface area contributed by atoms with Crippen molar-refractivity contribution in [2.45, 2.75) is 40.5 Å². The van der Waals surface area contributed by atoms with Gasteiger partial charge in [-0.25, -0.2) is 19.9 Å². The predicted octanol–water partition coefficient (Wildman–Crippen LogP) is 11.5. The molecular formula is C40H34Cl2N8O2S2. The summed E-state index contributed by atoms with van der Waals surface area (Å²) in [5, 5.41) is 9.29. The minimum Gasteiger partial charge on any atom is -0.332 e. The van der Waals surface area contributed by atoms with E-state index in [-0.39, 0.29) is 11.6 Å². The second-order valence-corrected chi connectivity index (χ2v) is 15.1. The number of nitrogens with one attached hydrogen (secondary N) is 2. The van der Waals surface area contributed by atoms with E-state index in [1.165, 1.54) is 22.7 Å². The van der Waals surface area contributed by atoms with Gasteiger partial charge in [-0.1, -0.05) is 90.1 Å². The summed E-state index contributed by atoms with van der Waals surface area (Å²) in [4.78, 5) is 43.9. The van der Waals surface area contributed by atoms with Gasteiger partial charge in [-0.05, 0) is 62.4 Å². The molecule has 8 rings (SSSR count). The van der Waals surface area contributed by atoms with Crippen molar-refractivity contribution in [1.82, 2.24) is 28.7 Å². The molecular weight excluding hydrogens is 760 g/mol. The van der Waals surface area contributed by atoms with Crippen molar-refractivity contribution in [2.75, 3.05) is 10.6 Å². The van der Waals surface area contributed by atoms with Crippen LogP contribution in [0.15, 0.2) is 97.5 Å². The van der Waals surface area contributed by atoms with E-state index in [4.69, 9.17) is 23.2 Å². The molecule has 0 saturated heterocycles. The summed E-state index contributed by atoms with van der Waals surface area (Å²) < 4.78 is 3.91. The van der Waals surface area contributed by atoms with E-state index >= 15 is 0 Å². The number of halogens is 2. The van der Waals surface area contributed by atoms with Crippen LogP contribution in [-0.2, 0) is 0 Å². The Balaban J connectivity index is 0.000000167. The smallest absolute Gasteiger partial charge is 0.187 e. The number of benzene rings is 2. The van der Waals surface area contributed by atoms with Gasteiger partial charge in [0.05, 0.1) is 37.6 Å². The number of carbonyl (C=O) groups is 2. The number of aromatic nitrogens is 6. The molecule has 0 aliphatic heterocycles. The summed E-state index contributed by atoms with van der Waals surface area (Å²) in [6, 6.07) is 24.3. The number of Topliss-reactive ketones (excluding diaryl/α,β-unsaturated/α-hetero) is 2. The first kappa shape index (κ1) is 36.9. The normalized spacial score (nSPS) is 11.1. The van der Waals surface area contributed by atoms with Crippen molar-refractivity contribution in [1.29, 1.82) is 0 Å². The molecule has 0 atom stereocenters. The van der Waals surface area contributed by atoms with E-state index in [0.717, 1.165) is 65.5 Å². The zero-order valence-electron chi connectivity index (χ0n) is 29.7. The van der Waals surface area contributed by atoms with E-state index in [9.17, 15) is 9.59 Å². The number of rotatable bonds is 10. The Labute approximate surface area is 329 Å². The Morgan fingerprint density at radius 3 is 1.85 bits per heavy atom. The minimum atomic E-state index is 0.120. The van der Waals surface area contributed by atoms with E-state index < -0.39 is 0 Å². The monoisotopic (exact) mass is 792 g/mol. The van der Waals surface area contributed by atoms with Crippen LogP contribution in [0.4, 0.5) is 21.6 Å². The Hall–Kier alpha value is -5.40. The summed E-state index contributed by atoms with van der Waals surface area (Å²) in [5.74, 6) is 0.242. The predicted molar refractivity (Wildman–Crippen MR) is 221 cm³/mol. The third kappa shape index (κ3) is 7.64. The second-order valence-electron chi connectivity index (χ2n) is 12.2. The lowest BCUT2D eigenvalue weighted by Crippen LogP contribution is -1.97. The molecule has 2 aromatic carbocycles. The van der Waals surface area contributed by atoms with Gasteiger partial charge in [0.25, 0.3) is 0 Å². The third-order valence-corrected chi connectivity index (χ3v) is 11.0. The summed E-state index contributed by atoms with van der Waals surface area (Å²) in [7, 11) is 0. The number of ketones is 2. The highest BCUT2D eigenvalue weighted by Gasteiger charge is 2.18. The number of hydrogen-bond acceptors (Lipinski definition) is 10. The van der Waals surface area contributed by atoms with E-state index in [0.29, 0.717) is 34.1 Å². The first-order valence-electron chi connectivity index (χ1n) is 17.1. The fourth-order valence-electron chi connectivity index (χ4n) is 5.98. The number of aryl methyl sites for hydroxylation is 2. The molecule has 0 spiro atoms. The first-order chi connectivity index (χ1) is 26.1. The molecule has 0 saturated carbocycles. The second kappa shape index (κ2) is 15.9. The van der Waals surface area contributed by atoms with Crippen molar-refractivity contribution in [3.8, 4) is 21.1 Å². The fraction of sp³-hybridized carbons (Fsp3) is 0.150. The quantitative estimate of drug-likeness (QED) is 0.104. The van der Waals surface area contributed by atoms with Crippen LogP contribution in [0.25, 0.3) is 32.4 Å². The van der Waals surface area contributed by atoms with E-state index in [1.807, 2.05) is 134 Å². The van der Waals surface area contributed by atoms with Crippen LogP contribution in [0.2, 0.25) is 10.2 Å². The number of hydrogen-bond donors (Lipinski definition) is 2. The maximum Gasteiger partial charge on any atom is 0.187 e. The number of thiazole rings is 2. The van der Waals surface area contributed by atoms with Crippen LogP contribution >= 0.6 is 45.9 Å². The number of fused-ring (bicyclic) bond motifs is 2. The lowest BCUT2D eigenvalue weighted by atomic mass is 10.1. The number of pyridine rings is 2. The molecule has 0 unspecified atom stereocenters. The van der Waals surface area contributed by atoms with Gasteiger partial charge >= 0.3 is 0 Å². The summed E-state index contributed by atoms with van der Waals surface area (Å²) in [6.45, 7) is 7.65. The number of nitrogens with zero attached hydrogens (tertiary/aromatic N) is 6. The highest BCUT2D eigenvalue weighted by Crippen LogP contribution is 2.36. The van der Waals surface area contributed by atoms with Crippen LogP contribution in [0.3, 0.4) is 0 Å². The highest BCUT2D eigenvalue weighted by atomic mass is 35.5. The standard InChI is InChI=1S/2C20H17ClN4OS/c1-3-16(26)13-6-4-7-14(10-13)24-20-22-11-17(27-20)18-12(2)23-19-15(21)8-5-9-25(18)19;1-3-15(26)13-6-4-7-14(10-13)24-20-22-11-16(27-20)19-12(2)23-18-9-5-8-17(21)25(18)19/h2*4-11H,3H2,1-2H3,(H,22,24). The Morgan fingerprint density at radius 1 is 0.704 bits per heavy atom. The van der Waals surface area contributed by atoms with Crippen molar-refractivity contribution >= 4 is 90.4 Å². The molecule has 0 radical (unpaired) electrons. The van der Waals surface area contributed by atoms with Gasteiger partial charge < -0.3 is 10.6 Å². The van der Waals surface area contributed by atoms with Crippen LogP contribution < -0.4 is 10.6 Å². The van der Waals surface area contributed by atoms with Crippen molar-refractivity contribution in [2.24, 2.45) is 0 Å². The van der Waals surface area contributed by atoms with E-state index in [1.54, 1.807) is 0 Å². The average Bonchev–Trinajstić information content (AvgIpc) is 3.97. The topological polar surface area (TPSA) is 119 Å². The molecule has 10 nitrogen and oxygen atoms in total. The van der Waals surface area contributed by atoms with Crippen molar-refractivity contribution in [3.63, 3.8) is 0 Å². The SMILES string of the molecule is CCC(=O)c1cccc(Nc2ncc(-c3c(C)nc4c(Cl)cccn34)s2)c1.CCC(=O)c1cccc(Nc2ncc(-c3c(C)nc4cccc(Cl)n34)s2)c1. The Bertz CT molecular complexity index is 2660. The summed E-state index contributed by atoms with van der Waals surface area (Å²) in [5.41, 5.74) is 8.34. The molecule has 2 N–H and O–H groups in total. The molecule has 0 aliphatic rings. The van der Waals surface area contributed by atoms with Gasteiger partial charge in [0.2, 0.25) is 0 Å². The molecule has 0 bridgehead atoms. The van der Waals surface area contributed by atoms with Gasteiger partial charge in [0.1, 0.15) is 10.8 Å². The van der Waals surface area contributed by atoms with Crippen molar-refractivity contribution < 1.29 is 9.59 Å². The summed E-state index contributed by atoms with van der Waals surface area (Å²) >= 11 is 15.7. The first-order valence-corrected chi connectivity index (χ1v) is 19.5. The molecule has 8 aromatic rings. The summed E-state index contributed by atoms with van der Waals surface area (Å²) in [6.07, 6.45) is 6.56. The molecule has 6 heterocycles. The zero-order chi connectivity index (χ0) is 37.9. The average molecular weight is 794 g/mol. The van der Waals surface area contributed by atoms with Crippen LogP contribution in [0.1, 0.15) is 58.8 Å². The molecule has 54 heavy (non-hydrogen) atoms. The largest absolute Gasteiger partial charge is 0.332 e. The van der Waals surface area contributed by atoms with Crippen LogP contribution in [0.5, 0.6) is 0 Å². The minimum absolute atomic E-state index is 0.120. The molecule has 0 aliphatic carbocycles. The molecule has 14 heteroatoms. The molecule has 0 amide bonds. The Kier molecular flexibility index (Phi) is 10.9. The lowest BCUT2D eigenvalue weighted by molar-refractivity contribution is 0.0980. The number of imidazole rings is 2. The van der Waals surface area contributed by atoms with Crippen LogP contribution in [-0.4, -0.2) is 40.3 Å². The van der Waals surface area contributed by atoms with Crippen molar-refractivity contribution in [3.05, 3.63) is 130 Å². The molecule has 272 valence electrons. The van der Waals surface area contributed by atoms with Crippen LogP contribution in [0, 0.1) is 13.8 Å².